The lowest BCUT2D eigenvalue weighted by Gasteiger charge is -2.23. The van der Waals surface area contributed by atoms with Gasteiger partial charge in [-0.05, 0) is 32.6 Å². The Balaban J connectivity index is 1.31. The fourth-order valence-corrected chi connectivity index (χ4v) is 5.19. The number of nitrogens with one attached hydrogen (secondary N) is 1. The highest BCUT2D eigenvalue weighted by molar-refractivity contribution is 5.80. The van der Waals surface area contributed by atoms with Gasteiger partial charge in [-0.15, -0.1) is 10.2 Å². The third kappa shape index (κ3) is 2.63. The van der Waals surface area contributed by atoms with E-state index in [1.807, 2.05) is 0 Å². The third-order valence-electron chi connectivity index (χ3n) is 6.39. The summed E-state index contributed by atoms with van der Waals surface area (Å²) in [4.78, 5) is 7.36. The molecule has 0 radical (unpaired) electrons. The van der Waals surface area contributed by atoms with Crippen molar-refractivity contribution in [3.63, 3.8) is 0 Å². The first kappa shape index (κ1) is 15.6. The van der Waals surface area contributed by atoms with Crippen molar-refractivity contribution < 1.29 is 4.74 Å². The molecule has 3 saturated heterocycles. The predicted octanol–water partition coefficient (Wildman–Crippen LogP) is 1.19. The number of guanidine groups is 1. The fraction of sp³-hybridized carbons (Fsp3) is 0.833. The van der Waals surface area contributed by atoms with Crippen LogP contribution in [0.4, 0.5) is 0 Å². The summed E-state index contributed by atoms with van der Waals surface area (Å²) >= 11 is 0. The number of fused-ring (bicyclic) bond motifs is 6. The van der Waals surface area contributed by atoms with Crippen molar-refractivity contribution in [2.45, 2.75) is 64.3 Å². The molecule has 1 aromatic heterocycles. The Morgan fingerprint density at radius 1 is 1.20 bits per heavy atom. The highest BCUT2D eigenvalue weighted by Crippen LogP contribution is 2.47. The zero-order valence-electron chi connectivity index (χ0n) is 15.0. The van der Waals surface area contributed by atoms with Crippen molar-refractivity contribution in [1.29, 1.82) is 0 Å². The number of aliphatic imine (C=N–C) groups is 1. The lowest BCUT2D eigenvalue weighted by Crippen LogP contribution is -2.41. The Hall–Kier alpha value is -1.63. The Morgan fingerprint density at radius 2 is 2.00 bits per heavy atom. The maximum atomic E-state index is 6.10. The molecular formula is C18H28N6O. The molecule has 7 heteroatoms. The lowest BCUT2D eigenvalue weighted by molar-refractivity contribution is 0.0767. The van der Waals surface area contributed by atoms with Crippen LogP contribution in [-0.4, -0.2) is 57.5 Å². The van der Waals surface area contributed by atoms with E-state index in [0.717, 1.165) is 50.2 Å². The summed E-state index contributed by atoms with van der Waals surface area (Å²) in [5, 5.41) is 12.2. The molecule has 5 heterocycles. The maximum Gasteiger partial charge on any atom is 0.194 e. The molecule has 0 amide bonds. The summed E-state index contributed by atoms with van der Waals surface area (Å²) in [5.74, 6) is 4.56. The summed E-state index contributed by atoms with van der Waals surface area (Å²) in [5.41, 5.74) is 0. The average molecular weight is 344 g/mol. The summed E-state index contributed by atoms with van der Waals surface area (Å²) in [6.45, 7) is 6.85. The van der Waals surface area contributed by atoms with Crippen LogP contribution in [-0.2, 0) is 24.2 Å². The van der Waals surface area contributed by atoms with Crippen molar-refractivity contribution >= 4 is 5.96 Å². The van der Waals surface area contributed by atoms with Crippen molar-refractivity contribution in [3.05, 3.63) is 11.6 Å². The van der Waals surface area contributed by atoms with Gasteiger partial charge in [-0.3, -0.25) is 0 Å². The van der Waals surface area contributed by atoms with Gasteiger partial charge in [0.1, 0.15) is 12.4 Å². The molecule has 5 rings (SSSR count). The zero-order valence-corrected chi connectivity index (χ0v) is 15.0. The maximum absolute atomic E-state index is 6.10. The number of hydrogen-bond donors (Lipinski definition) is 1. The van der Waals surface area contributed by atoms with Crippen LogP contribution >= 0.6 is 0 Å². The van der Waals surface area contributed by atoms with E-state index in [-0.39, 0.29) is 0 Å². The van der Waals surface area contributed by atoms with Gasteiger partial charge in [0.2, 0.25) is 0 Å². The van der Waals surface area contributed by atoms with E-state index in [4.69, 9.17) is 9.73 Å². The van der Waals surface area contributed by atoms with Crippen LogP contribution in [0.15, 0.2) is 4.99 Å². The van der Waals surface area contributed by atoms with E-state index in [2.05, 4.69) is 31.9 Å². The van der Waals surface area contributed by atoms with Gasteiger partial charge in [0.25, 0.3) is 0 Å². The van der Waals surface area contributed by atoms with Crippen LogP contribution < -0.4 is 5.32 Å². The first-order valence-electron chi connectivity index (χ1n) is 9.93. The Morgan fingerprint density at radius 3 is 2.76 bits per heavy atom. The van der Waals surface area contributed by atoms with Gasteiger partial charge in [0.05, 0.1) is 12.2 Å². The molecule has 0 spiro atoms. The van der Waals surface area contributed by atoms with Crippen LogP contribution in [0.2, 0.25) is 0 Å². The number of ether oxygens (including phenoxy) is 1. The van der Waals surface area contributed by atoms with Gasteiger partial charge in [-0.1, -0.05) is 0 Å². The van der Waals surface area contributed by atoms with Gasteiger partial charge in [-0.2, -0.15) is 0 Å². The summed E-state index contributed by atoms with van der Waals surface area (Å²) in [6.07, 6.45) is 6.98. The highest BCUT2D eigenvalue weighted by Gasteiger charge is 2.53. The smallest absolute Gasteiger partial charge is 0.194 e. The SMILES string of the molecule is CCNC(=NCc1nnc2n1CCCC2)N1CC2C3CCC(O3)C2C1. The van der Waals surface area contributed by atoms with Gasteiger partial charge in [0.15, 0.2) is 11.8 Å². The Kier molecular flexibility index (Phi) is 3.91. The molecule has 7 nitrogen and oxygen atoms in total. The minimum absolute atomic E-state index is 0.492. The number of rotatable bonds is 3. The molecule has 4 unspecified atom stereocenters. The molecule has 3 fully saturated rings. The molecular weight excluding hydrogens is 316 g/mol. The first-order valence-corrected chi connectivity index (χ1v) is 9.93. The highest BCUT2D eigenvalue weighted by atomic mass is 16.5. The van der Waals surface area contributed by atoms with Crippen LogP contribution in [0.3, 0.4) is 0 Å². The van der Waals surface area contributed by atoms with Gasteiger partial charge in [-0.25, -0.2) is 4.99 Å². The first-order chi connectivity index (χ1) is 12.3. The zero-order chi connectivity index (χ0) is 16.8. The molecule has 4 atom stereocenters. The third-order valence-corrected chi connectivity index (χ3v) is 6.39. The second-order valence-corrected chi connectivity index (χ2v) is 7.83. The average Bonchev–Trinajstić information content (AvgIpc) is 3.39. The topological polar surface area (TPSA) is 67.6 Å². The number of likely N-dealkylation sites (tertiary alicyclic amines) is 1. The number of aryl methyl sites for hydroxylation is 1. The van der Waals surface area contributed by atoms with Gasteiger partial charge in [0, 0.05) is 44.4 Å². The van der Waals surface area contributed by atoms with Crippen LogP contribution in [0.25, 0.3) is 0 Å². The molecule has 25 heavy (non-hydrogen) atoms. The molecule has 0 aromatic carbocycles. The summed E-state index contributed by atoms with van der Waals surface area (Å²) < 4.78 is 8.37. The van der Waals surface area contributed by atoms with E-state index in [0.29, 0.717) is 30.6 Å². The molecule has 1 aromatic rings. The fourth-order valence-electron chi connectivity index (χ4n) is 5.19. The Labute approximate surface area is 148 Å². The molecule has 4 aliphatic rings. The molecule has 0 aliphatic carbocycles. The molecule has 4 aliphatic heterocycles. The molecule has 136 valence electrons. The number of aromatic nitrogens is 3. The van der Waals surface area contributed by atoms with E-state index < -0.39 is 0 Å². The minimum Gasteiger partial charge on any atom is -0.374 e. The standard InChI is InChI=1S/C18H28N6O/c1-2-19-18(20-9-17-22-21-16-5-3-4-8-24(16)17)23-10-12-13(11-23)15-7-6-14(12)25-15/h12-15H,2-11H2,1H3,(H,19,20). The van der Waals surface area contributed by atoms with Crippen LogP contribution in [0.1, 0.15) is 44.3 Å². The lowest BCUT2D eigenvalue weighted by atomic mass is 9.82. The summed E-state index contributed by atoms with van der Waals surface area (Å²) in [7, 11) is 0. The monoisotopic (exact) mass is 344 g/mol. The van der Waals surface area contributed by atoms with Gasteiger partial charge >= 0.3 is 0 Å². The largest absolute Gasteiger partial charge is 0.374 e. The minimum atomic E-state index is 0.492. The molecule has 1 N–H and O–H groups in total. The van der Waals surface area contributed by atoms with E-state index in [9.17, 15) is 0 Å². The Bertz CT molecular complexity index is 653. The number of nitrogens with zero attached hydrogens (tertiary/aromatic N) is 5. The van der Waals surface area contributed by atoms with Crippen molar-refractivity contribution in [2.75, 3.05) is 19.6 Å². The van der Waals surface area contributed by atoms with Crippen molar-refractivity contribution in [3.8, 4) is 0 Å². The van der Waals surface area contributed by atoms with Crippen molar-refractivity contribution in [1.82, 2.24) is 25.0 Å². The molecule has 2 bridgehead atoms. The van der Waals surface area contributed by atoms with E-state index in [1.54, 1.807) is 0 Å². The van der Waals surface area contributed by atoms with E-state index >= 15 is 0 Å². The summed E-state index contributed by atoms with van der Waals surface area (Å²) in [6, 6.07) is 0. The van der Waals surface area contributed by atoms with Crippen LogP contribution in [0, 0.1) is 11.8 Å². The normalized spacial score (nSPS) is 33.6. The number of hydrogen-bond acceptors (Lipinski definition) is 4. The van der Waals surface area contributed by atoms with Crippen LogP contribution in [0.5, 0.6) is 0 Å². The van der Waals surface area contributed by atoms with E-state index in [1.165, 1.54) is 25.7 Å². The second kappa shape index (κ2) is 6.27. The molecule has 0 saturated carbocycles. The quantitative estimate of drug-likeness (QED) is 0.659. The second-order valence-electron chi connectivity index (χ2n) is 7.83. The predicted molar refractivity (Wildman–Crippen MR) is 94.2 cm³/mol. The van der Waals surface area contributed by atoms with Crippen molar-refractivity contribution in [2.24, 2.45) is 16.8 Å². The van der Waals surface area contributed by atoms with Gasteiger partial charge < -0.3 is 19.5 Å².